The predicted octanol–water partition coefficient (Wildman–Crippen LogP) is -1.26. The Morgan fingerprint density at radius 3 is 0.879 bits per heavy atom. The number of rotatable bonds is 15. The Morgan fingerprint density at radius 2 is 0.758 bits per heavy atom. The molecule has 0 saturated carbocycles. The summed E-state index contributed by atoms with van der Waals surface area (Å²) in [5.74, 6) is -18.9. The summed E-state index contributed by atoms with van der Waals surface area (Å²) in [5, 5.41) is 72.1. The van der Waals surface area contributed by atoms with E-state index in [-0.39, 0.29) is 0 Å². The quantitative estimate of drug-likeness (QED) is 0.110. The molecule has 0 fully saturated rings. The van der Waals surface area contributed by atoms with E-state index < -0.39 is 73.1 Å². The number of hydrogen-bond acceptors (Lipinski definition) is 16. The maximum atomic E-state index is 13.8. The van der Waals surface area contributed by atoms with E-state index in [1.807, 2.05) is 0 Å². The first-order chi connectivity index (χ1) is 14.8. The summed E-state index contributed by atoms with van der Waals surface area (Å²) in [4.78, 5) is 49.4. The minimum absolute atomic E-state index is 0.465. The molecule has 0 aromatic heterocycles. The molecular weight excluding hydrogens is 491 g/mol. The van der Waals surface area contributed by atoms with Crippen LogP contribution in [-0.2, 0) is 14.2 Å². The minimum Gasteiger partial charge on any atom is -0.296 e. The van der Waals surface area contributed by atoms with E-state index in [2.05, 4.69) is 14.2 Å². The molecule has 0 rings (SSSR count). The molecule has 0 spiro atoms. The number of alkyl halides is 3. The smallest absolute Gasteiger partial charge is 0.296 e. The van der Waals surface area contributed by atoms with Crippen molar-refractivity contribution in [3.63, 3.8) is 0 Å². The highest BCUT2D eigenvalue weighted by Crippen LogP contribution is 2.26. The molecule has 0 N–H and O–H groups in total. The highest BCUT2D eigenvalue weighted by molar-refractivity contribution is 4.87. The second-order valence-corrected chi connectivity index (χ2v) is 5.23. The molecule has 0 atom stereocenters. The molecule has 0 aliphatic rings. The summed E-state index contributed by atoms with van der Waals surface area (Å²) < 4.78 is 53.2. The normalized spacial score (nSPS) is 12.4. The second kappa shape index (κ2) is 9.79. The van der Waals surface area contributed by atoms with Crippen molar-refractivity contribution in [2.45, 2.75) is 23.7 Å². The van der Waals surface area contributed by atoms with Gasteiger partial charge in [-0.25, -0.2) is 0 Å². The summed E-state index contributed by atoms with van der Waals surface area (Å²) in [7, 11) is 0. The zero-order chi connectivity index (χ0) is 26.4. The molecule has 0 aromatic rings. The van der Waals surface area contributed by atoms with Crippen LogP contribution in [0.5, 0.6) is 0 Å². The van der Waals surface area contributed by atoms with Crippen LogP contribution in [0, 0.1) is 72.0 Å². The van der Waals surface area contributed by atoms with Crippen molar-refractivity contribution in [1.29, 1.82) is 5.26 Å². The van der Waals surface area contributed by atoms with Crippen LogP contribution < -0.4 is 0 Å². The lowest BCUT2D eigenvalue weighted by atomic mass is 10.4. The lowest BCUT2D eigenvalue weighted by molar-refractivity contribution is -0.841. The van der Waals surface area contributed by atoms with E-state index in [4.69, 9.17) is 5.26 Å². The lowest BCUT2D eigenvalue weighted by Gasteiger charge is -2.26. The van der Waals surface area contributed by atoms with E-state index in [1.165, 1.54) is 0 Å². The van der Waals surface area contributed by atoms with Gasteiger partial charge in [-0.05, 0) is 0 Å². The zero-order valence-corrected chi connectivity index (χ0v) is 15.0. The molecule has 0 amide bonds. The number of hydrogen-bond donors (Lipinski definition) is 0. The molecular formula is C8H6F3N7O15. The molecule has 0 radical (unpaired) electrons. The Labute approximate surface area is 173 Å². The summed E-state index contributed by atoms with van der Waals surface area (Å²) in [6.45, 7) is -7.77. The number of ether oxygens (including phenoxy) is 3. The van der Waals surface area contributed by atoms with Gasteiger partial charge in [0.15, 0.2) is 6.07 Å². The topological polar surface area (TPSA) is 310 Å². The van der Waals surface area contributed by atoms with Crippen LogP contribution in [0.25, 0.3) is 0 Å². The van der Waals surface area contributed by atoms with E-state index >= 15 is 0 Å². The van der Waals surface area contributed by atoms with Gasteiger partial charge in [0.2, 0.25) is 19.8 Å². The first-order valence-electron chi connectivity index (χ1n) is 7.11. The zero-order valence-electron chi connectivity index (χ0n) is 15.0. The monoisotopic (exact) mass is 497 g/mol. The van der Waals surface area contributed by atoms with Gasteiger partial charge < -0.3 is 0 Å². The van der Waals surface area contributed by atoms with Crippen molar-refractivity contribution >= 4 is 0 Å². The molecule has 0 bridgehead atoms. The van der Waals surface area contributed by atoms with Crippen LogP contribution in [0.1, 0.15) is 0 Å². The first-order valence-corrected chi connectivity index (χ1v) is 7.11. The fourth-order valence-corrected chi connectivity index (χ4v) is 1.30. The van der Waals surface area contributed by atoms with Gasteiger partial charge in [-0.3, -0.25) is 74.9 Å². The molecule has 0 aromatic carbocycles. The van der Waals surface area contributed by atoms with Crippen molar-refractivity contribution in [2.75, 3.05) is 19.8 Å². The van der Waals surface area contributed by atoms with Crippen molar-refractivity contribution < 1.29 is 56.9 Å². The third-order valence-corrected chi connectivity index (χ3v) is 3.15. The van der Waals surface area contributed by atoms with E-state index in [0.717, 1.165) is 0 Å². The number of nitriles is 1. The van der Waals surface area contributed by atoms with E-state index in [0.29, 0.717) is 6.07 Å². The van der Waals surface area contributed by atoms with Gasteiger partial charge in [0.25, 0.3) is 0 Å². The Hall–Kier alpha value is -4.44. The van der Waals surface area contributed by atoms with Gasteiger partial charge >= 0.3 is 23.7 Å². The Kier molecular flexibility index (Phi) is 8.47. The van der Waals surface area contributed by atoms with Crippen molar-refractivity contribution in [2.24, 2.45) is 0 Å². The van der Waals surface area contributed by atoms with Gasteiger partial charge in [0, 0.05) is 0 Å². The summed E-state index contributed by atoms with van der Waals surface area (Å²) in [5.41, 5.74) is 0. The van der Waals surface area contributed by atoms with Gasteiger partial charge in [-0.1, -0.05) is 13.2 Å². The number of nitro groups is 6. The number of nitrogens with zero attached hydrogens (tertiary/aromatic N) is 7. The fraction of sp³-hybridized carbons (Fsp3) is 0.875. The summed E-state index contributed by atoms with van der Waals surface area (Å²) in [6.07, 6.45) is 0. The van der Waals surface area contributed by atoms with Crippen molar-refractivity contribution in [3.8, 4) is 6.07 Å². The third kappa shape index (κ3) is 5.83. The predicted molar refractivity (Wildman–Crippen MR) is 79.7 cm³/mol. The first kappa shape index (κ1) is 28.6. The minimum atomic E-state index is -4.88. The highest BCUT2D eigenvalue weighted by atomic mass is 19.2. The molecule has 25 heteroatoms. The molecule has 33 heavy (non-hydrogen) atoms. The average molecular weight is 497 g/mol. The van der Waals surface area contributed by atoms with Gasteiger partial charge in [-0.2, -0.15) is 5.26 Å². The average Bonchev–Trinajstić information content (AvgIpc) is 2.71. The van der Waals surface area contributed by atoms with Gasteiger partial charge in [-0.15, -0.1) is 0 Å². The number of halogens is 3. The summed E-state index contributed by atoms with van der Waals surface area (Å²) in [6, 6.07) is 0.465. The van der Waals surface area contributed by atoms with Crippen LogP contribution in [0.3, 0.4) is 0 Å². The Morgan fingerprint density at radius 1 is 0.576 bits per heavy atom. The largest absolute Gasteiger partial charge is 0.637 e. The van der Waals surface area contributed by atoms with Crippen LogP contribution in [0.15, 0.2) is 0 Å². The van der Waals surface area contributed by atoms with Crippen molar-refractivity contribution in [3.05, 3.63) is 60.7 Å². The van der Waals surface area contributed by atoms with E-state index in [9.17, 15) is 73.9 Å². The lowest BCUT2D eigenvalue weighted by Crippen LogP contribution is -2.55. The molecule has 184 valence electrons. The maximum absolute atomic E-state index is 13.8. The van der Waals surface area contributed by atoms with E-state index in [1.54, 1.807) is 0 Å². The third-order valence-electron chi connectivity index (χ3n) is 3.15. The van der Waals surface area contributed by atoms with Crippen LogP contribution in [-0.4, -0.2) is 73.1 Å². The molecule has 0 unspecified atom stereocenters. The van der Waals surface area contributed by atoms with Crippen LogP contribution >= 0.6 is 0 Å². The second-order valence-electron chi connectivity index (χ2n) is 5.23. The molecule has 0 heterocycles. The Bertz CT molecular complexity index is 762. The molecule has 0 saturated heterocycles. The molecule has 22 nitrogen and oxygen atoms in total. The highest BCUT2D eigenvalue weighted by Gasteiger charge is 2.65. The standard InChI is InChI=1S/C8H6F3N7O15/c9-5(13(19)20,14(21)22)2-31-8(1-12,32-3-6(10,15(23)24)16(25)26)33-4-7(11,17(27)28)18(29)30/h2-4H2. The van der Waals surface area contributed by atoms with Crippen LogP contribution in [0.4, 0.5) is 13.2 Å². The van der Waals surface area contributed by atoms with Crippen LogP contribution in [0.2, 0.25) is 0 Å². The summed E-state index contributed by atoms with van der Waals surface area (Å²) >= 11 is 0. The van der Waals surface area contributed by atoms with Gasteiger partial charge in [0.1, 0.15) is 29.5 Å². The Balaban J connectivity index is 6.26. The van der Waals surface area contributed by atoms with Crippen molar-refractivity contribution in [1.82, 2.24) is 0 Å². The molecule has 0 aliphatic heterocycles. The maximum Gasteiger partial charge on any atom is 0.637 e. The van der Waals surface area contributed by atoms with Gasteiger partial charge in [0.05, 0.1) is 0 Å². The molecule has 0 aliphatic carbocycles. The SMILES string of the molecule is N#CC(OCC(F)([N+](=O)[O-])[N+](=O)[O-])(OCC(F)([N+](=O)[O-])[N+](=O)[O-])OCC(F)([N+](=O)[O-])[N+](=O)[O-]. The fourth-order valence-electron chi connectivity index (χ4n) is 1.30.